The Bertz CT molecular complexity index is 1720. The third kappa shape index (κ3) is 5.36. The van der Waals surface area contributed by atoms with Crippen LogP contribution in [-0.2, 0) is 0 Å². The van der Waals surface area contributed by atoms with E-state index in [4.69, 9.17) is 0 Å². The number of aromatic nitrogens is 3. The van der Waals surface area contributed by atoms with Gasteiger partial charge in [-0.1, -0.05) is 66.7 Å². The smallest absolute Gasteiger partial charge is 0.0346 e. The zero-order valence-corrected chi connectivity index (χ0v) is 22.9. The van der Waals surface area contributed by atoms with Gasteiger partial charge in [0.15, 0.2) is 0 Å². The van der Waals surface area contributed by atoms with Gasteiger partial charge in [-0.25, -0.2) is 0 Å². The highest BCUT2D eigenvalue weighted by Gasteiger charge is 2.11. The quantitative estimate of drug-likeness (QED) is 0.212. The minimum Gasteiger partial charge on any atom is -0.265 e. The van der Waals surface area contributed by atoms with Gasteiger partial charge in [0.1, 0.15) is 0 Å². The van der Waals surface area contributed by atoms with Crippen molar-refractivity contribution in [3.63, 3.8) is 0 Å². The molecule has 0 unspecified atom stereocenters. The van der Waals surface area contributed by atoms with E-state index in [9.17, 15) is 0 Å². The van der Waals surface area contributed by atoms with Crippen LogP contribution in [0, 0.1) is 0 Å². The first kappa shape index (κ1) is 25.3. The van der Waals surface area contributed by atoms with E-state index < -0.39 is 0 Å². The first-order valence-corrected chi connectivity index (χ1v) is 14.0. The summed E-state index contributed by atoms with van der Waals surface area (Å²) in [5, 5.41) is 0. The van der Waals surface area contributed by atoms with Crippen molar-refractivity contribution in [2.45, 2.75) is 0 Å². The molecule has 42 heavy (non-hydrogen) atoms. The van der Waals surface area contributed by atoms with Crippen molar-refractivity contribution in [2.24, 2.45) is 0 Å². The maximum atomic E-state index is 4.33. The van der Waals surface area contributed by atoms with Gasteiger partial charge in [-0.2, -0.15) is 0 Å². The molecular formula is C39H27N3. The summed E-state index contributed by atoms with van der Waals surface area (Å²) < 4.78 is 0. The van der Waals surface area contributed by atoms with Crippen molar-refractivity contribution in [3.8, 4) is 66.8 Å². The zero-order chi connectivity index (χ0) is 28.1. The summed E-state index contributed by atoms with van der Waals surface area (Å²) in [5.74, 6) is 0. The molecule has 0 aliphatic carbocycles. The number of nitrogens with zero attached hydrogens (tertiary/aromatic N) is 3. The molecule has 0 spiro atoms. The molecule has 0 saturated heterocycles. The predicted octanol–water partition coefficient (Wildman–Crippen LogP) is 9.87. The van der Waals surface area contributed by atoms with Crippen molar-refractivity contribution in [1.82, 2.24) is 15.0 Å². The van der Waals surface area contributed by atoms with E-state index in [1.54, 1.807) is 0 Å². The Morgan fingerprint density at radius 3 is 0.952 bits per heavy atom. The lowest BCUT2D eigenvalue weighted by Gasteiger charge is -2.14. The Balaban J connectivity index is 1.38. The van der Waals surface area contributed by atoms with E-state index in [-0.39, 0.29) is 0 Å². The second-order valence-corrected chi connectivity index (χ2v) is 10.3. The number of benzene rings is 4. The highest BCUT2D eigenvalue weighted by molar-refractivity contribution is 5.85. The lowest BCUT2D eigenvalue weighted by Crippen LogP contribution is -1.89. The van der Waals surface area contributed by atoms with Crippen LogP contribution in [0.3, 0.4) is 0 Å². The molecule has 0 bridgehead atoms. The maximum Gasteiger partial charge on any atom is 0.0346 e. The van der Waals surface area contributed by atoms with E-state index in [2.05, 4.69) is 130 Å². The van der Waals surface area contributed by atoms with Crippen molar-refractivity contribution in [3.05, 3.63) is 165 Å². The van der Waals surface area contributed by atoms with E-state index in [0.29, 0.717) is 0 Å². The van der Waals surface area contributed by atoms with Gasteiger partial charge in [-0.3, -0.25) is 15.0 Å². The van der Waals surface area contributed by atoms with Crippen molar-refractivity contribution >= 4 is 0 Å². The molecule has 3 aromatic heterocycles. The van der Waals surface area contributed by atoms with Crippen LogP contribution in [-0.4, -0.2) is 15.0 Å². The molecule has 0 saturated carbocycles. The fourth-order valence-corrected chi connectivity index (χ4v) is 5.37. The molecule has 0 N–H and O–H groups in total. The fourth-order valence-electron chi connectivity index (χ4n) is 5.37. The highest BCUT2D eigenvalue weighted by atomic mass is 14.6. The van der Waals surface area contributed by atoms with Crippen LogP contribution in [0.5, 0.6) is 0 Å². The molecule has 0 fully saturated rings. The Kier molecular flexibility index (Phi) is 6.89. The minimum atomic E-state index is 1.10. The van der Waals surface area contributed by atoms with Gasteiger partial charge in [-0.15, -0.1) is 0 Å². The number of pyridine rings is 3. The lowest BCUT2D eigenvalue weighted by atomic mass is 9.90. The molecule has 198 valence electrons. The number of hydrogen-bond donors (Lipinski definition) is 0. The average molecular weight is 538 g/mol. The minimum absolute atomic E-state index is 1.10. The molecule has 0 aliphatic heterocycles. The Hall–Kier alpha value is -5.67. The molecule has 0 amide bonds. The van der Waals surface area contributed by atoms with E-state index >= 15 is 0 Å². The third-order valence-electron chi connectivity index (χ3n) is 7.52. The first-order valence-electron chi connectivity index (χ1n) is 14.0. The van der Waals surface area contributed by atoms with Gasteiger partial charge in [0.25, 0.3) is 0 Å². The second kappa shape index (κ2) is 11.4. The van der Waals surface area contributed by atoms with E-state index in [1.165, 1.54) is 11.1 Å². The van der Waals surface area contributed by atoms with Crippen LogP contribution in [0.4, 0.5) is 0 Å². The fraction of sp³-hybridized carbons (Fsp3) is 0. The van der Waals surface area contributed by atoms with E-state index in [0.717, 1.165) is 55.6 Å². The normalized spacial score (nSPS) is 10.9. The second-order valence-electron chi connectivity index (χ2n) is 10.3. The molecular weight excluding hydrogens is 510 g/mol. The van der Waals surface area contributed by atoms with Crippen LogP contribution >= 0.6 is 0 Å². The van der Waals surface area contributed by atoms with Crippen LogP contribution < -0.4 is 0 Å². The third-order valence-corrected chi connectivity index (χ3v) is 7.52. The lowest BCUT2D eigenvalue weighted by molar-refractivity contribution is 1.33. The van der Waals surface area contributed by atoms with Gasteiger partial charge >= 0.3 is 0 Å². The van der Waals surface area contributed by atoms with Crippen molar-refractivity contribution in [1.29, 1.82) is 0 Å². The van der Waals surface area contributed by atoms with Crippen LogP contribution in [0.2, 0.25) is 0 Å². The molecule has 3 heterocycles. The van der Waals surface area contributed by atoms with Gasteiger partial charge in [0.2, 0.25) is 0 Å². The highest BCUT2D eigenvalue weighted by Crippen LogP contribution is 2.36. The summed E-state index contributed by atoms with van der Waals surface area (Å²) in [5.41, 5.74) is 13.8. The maximum absolute atomic E-state index is 4.33. The molecule has 4 aromatic carbocycles. The SMILES string of the molecule is c1cncc(-c2cccc(-c3cc(-c4cccc(-c5ccncc5)c4)cc(-c4cccc(-c5cccnc5)c4)c3)c2)c1. The van der Waals surface area contributed by atoms with E-state index in [1.807, 2.05) is 49.3 Å². The van der Waals surface area contributed by atoms with Gasteiger partial charge in [0.05, 0.1) is 0 Å². The van der Waals surface area contributed by atoms with Crippen molar-refractivity contribution < 1.29 is 0 Å². The van der Waals surface area contributed by atoms with Gasteiger partial charge < -0.3 is 0 Å². The molecule has 3 heteroatoms. The predicted molar refractivity (Wildman–Crippen MR) is 172 cm³/mol. The summed E-state index contributed by atoms with van der Waals surface area (Å²) in [6.45, 7) is 0. The Labute approximate surface area is 245 Å². The Morgan fingerprint density at radius 2 is 0.571 bits per heavy atom. The Morgan fingerprint density at radius 1 is 0.238 bits per heavy atom. The summed E-state index contributed by atoms with van der Waals surface area (Å²) in [4.78, 5) is 12.9. The van der Waals surface area contributed by atoms with Crippen LogP contribution in [0.25, 0.3) is 66.8 Å². The summed E-state index contributed by atoms with van der Waals surface area (Å²) >= 11 is 0. The molecule has 0 radical (unpaired) electrons. The summed E-state index contributed by atoms with van der Waals surface area (Å²) in [6.07, 6.45) is 11.1. The molecule has 0 atom stereocenters. The van der Waals surface area contributed by atoms with Crippen molar-refractivity contribution in [2.75, 3.05) is 0 Å². The summed E-state index contributed by atoms with van der Waals surface area (Å²) in [6, 6.07) is 45.3. The number of hydrogen-bond acceptors (Lipinski definition) is 3. The van der Waals surface area contributed by atoms with Crippen LogP contribution in [0.1, 0.15) is 0 Å². The van der Waals surface area contributed by atoms with Crippen LogP contribution in [0.15, 0.2) is 165 Å². The largest absolute Gasteiger partial charge is 0.265 e. The standard InChI is InChI=1S/C39H27N3/c1-6-29(28-14-18-40-19-15-28)20-32(9-1)37-23-38(33-10-2-7-30(21-33)35-12-4-16-41-26-35)25-39(24-37)34-11-3-8-31(22-34)36-13-5-17-42-27-36/h1-27H. The summed E-state index contributed by atoms with van der Waals surface area (Å²) in [7, 11) is 0. The molecule has 3 nitrogen and oxygen atoms in total. The molecule has 0 aliphatic rings. The molecule has 7 rings (SSSR count). The zero-order valence-electron chi connectivity index (χ0n) is 22.9. The monoisotopic (exact) mass is 537 g/mol. The van der Waals surface area contributed by atoms with Gasteiger partial charge in [-0.05, 0) is 116 Å². The van der Waals surface area contributed by atoms with Gasteiger partial charge in [0, 0.05) is 48.3 Å². The molecule has 7 aromatic rings. The average Bonchev–Trinajstić information content (AvgIpc) is 3.09. The first-order chi connectivity index (χ1) is 20.8. The topological polar surface area (TPSA) is 38.7 Å². The number of rotatable bonds is 6.